The molecule has 0 radical (unpaired) electrons. The Morgan fingerprint density at radius 3 is 2.32 bits per heavy atom. The lowest BCUT2D eigenvalue weighted by Gasteiger charge is -2.19. The van der Waals surface area contributed by atoms with Gasteiger partial charge in [-0.2, -0.15) is 0 Å². The minimum absolute atomic E-state index is 0.232. The average molecular weight is 306 g/mol. The summed E-state index contributed by atoms with van der Waals surface area (Å²) in [6.07, 6.45) is -0.542. The van der Waals surface area contributed by atoms with Crippen LogP contribution in [0.25, 0.3) is 0 Å². The fourth-order valence-corrected chi connectivity index (χ4v) is 1.36. The largest absolute Gasteiger partial charge is 0.444 e. The van der Waals surface area contributed by atoms with Gasteiger partial charge in [-0.3, -0.25) is 4.79 Å². The van der Waals surface area contributed by atoms with E-state index in [1.807, 2.05) is 0 Å². The molecule has 0 atom stereocenters. The van der Waals surface area contributed by atoms with Crippen molar-refractivity contribution in [2.45, 2.75) is 26.4 Å². The minimum atomic E-state index is -0.562. The van der Waals surface area contributed by atoms with Crippen molar-refractivity contribution < 1.29 is 18.7 Å². The maximum Gasteiger partial charge on any atom is 0.407 e. The maximum atomic E-state index is 12.7. The average Bonchev–Trinajstić information content (AvgIpc) is 2.41. The van der Waals surface area contributed by atoms with E-state index < -0.39 is 17.6 Å². The predicted octanol–water partition coefficient (Wildman–Crippen LogP) is 1.82. The Morgan fingerprint density at radius 2 is 1.73 bits per heavy atom. The highest BCUT2D eigenvalue weighted by Gasteiger charge is 2.15. The van der Waals surface area contributed by atoms with Crippen molar-refractivity contribution in [3.63, 3.8) is 0 Å². The molecular formula is C16H19FN2O3. The van der Waals surface area contributed by atoms with E-state index in [9.17, 15) is 14.0 Å². The lowest BCUT2D eigenvalue weighted by molar-refractivity contribution is -0.115. The van der Waals surface area contributed by atoms with Crippen LogP contribution in [0.2, 0.25) is 0 Å². The third-order valence-electron chi connectivity index (χ3n) is 2.24. The number of rotatable bonds is 3. The first-order chi connectivity index (χ1) is 10.3. The Balaban J connectivity index is 2.27. The molecule has 0 saturated carbocycles. The van der Waals surface area contributed by atoms with Crippen molar-refractivity contribution in [2.75, 3.05) is 13.1 Å². The van der Waals surface area contributed by atoms with Gasteiger partial charge in [0.05, 0.1) is 0 Å². The Kier molecular flexibility index (Phi) is 6.39. The molecule has 6 heteroatoms. The molecule has 0 aliphatic carbocycles. The molecule has 0 saturated heterocycles. The van der Waals surface area contributed by atoms with Crippen molar-refractivity contribution in [3.05, 3.63) is 35.6 Å². The maximum absolute atomic E-state index is 12.7. The Bertz CT molecular complexity index is 580. The molecular weight excluding hydrogens is 287 g/mol. The summed E-state index contributed by atoms with van der Waals surface area (Å²) in [5.74, 6) is 4.16. The summed E-state index contributed by atoms with van der Waals surface area (Å²) in [7, 11) is 0. The molecule has 0 fully saturated rings. The fraction of sp³-hybridized carbons (Fsp3) is 0.375. The quantitative estimate of drug-likeness (QED) is 0.661. The second-order valence-corrected chi connectivity index (χ2v) is 5.44. The van der Waals surface area contributed by atoms with E-state index in [1.54, 1.807) is 20.8 Å². The van der Waals surface area contributed by atoms with Crippen molar-refractivity contribution in [1.82, 2.24) is 10.6 Å². The summed E-state index contributed by atoms with van der Waals surface area (Å²) in [5.41, 5.74) is -0.0167. The summed E-state index contributed by atoms with van der Waals surface area (Å²) in [6, 6.07) is 5.51. The Hall–Kier alpha value is -2.55. The molecule has 0 aliphatic rings. The van der Waals surface area contributed by atoms with Crippen molar-refractivity contribution in [3.8, 4) is 11.8 Å². The standard InChI is InChI=1S/C16H19FN2O3/c1-16(2,3)22-15(21)19-11-10-18-14(20)9-6-12-4-7-13(17)8-5-12/h4-5,7-8H,10-11H2,1-3H3,(H,18,20)(H,19,21). The number of hydrogen-bond acceptors (Lipinski definition) is 3. The van der Waals surface area contributed by atoms with Crippen LogP contribution in [0.15, 0.2) is 24.3 Å². The summed E-state index contributed by atoms with van der Waals surface area (Å²) in [6.45, 7) is 5.76. The van der Waals surface area contributed by atoms with Gasteiger partial charge in [0.1, 0.15) is 11.4 Å². The van der Waals surface area contributed by atoms with Crippen molar-refractivity contribution in [2.24, 2.45) is 0 Å². The van der Waals surface area contributed by atoms with Crippen LogP contribution in [0.5, 0.6) is 0 Å². The zero-order chi connectivity index (χ0) is 16.6. The molecule has 1 aromatic carbocycles. The molecule has 0 bridgehead atoms. The molecule has 1 rings (SSSR count). The van der Waals surface area contributed by atoms with Crippen LogP contribution in [0, 0.1) is 17.7 Å². The second-order valence-electron chi connectivity index (χ2n) is 5.44. The first-order valence-corrected chi connectivity index (χ1v) is 6.78. The number of carbonyl (C=O) groups is 2. The van der Waals surface area contributed by atoms with Gasteiger partial charge in [0.2, 0.25) is 0 Å². The molecule has 2 N–H and O–H groups in total. The van der Waals surface area contributed by atoms with Gasteiger partial charge in [-0.15, -0.1) is 0 Å². The lowest BCUT2D eigenvalue weighted by atomic mass is 10.2. The summed E-state index contributed by atoms with van der Waals surface area (Å²) < 4.78 is 17.7. The molecule has 5 nitrogen and oxygen atoms in total. The fourth-order valence-electron chi connectivity index (χ4n) is 1.36. The molecule has 118 valence electrons. The highest BCUT2D eigenvalue weighted by molar-refractivity contribution is 5.94. The Labute approximate surface area is 129 Å². The van der Waals surface area contributed by atoms with E-state index in [1.165, 1.54) is 24.3 Å². The number of benzene rings is 1. The van der Waals surface area contributed by atoms with Gasteiger partial charge < -0.3 is 15.4 Å². The van der Waals surface area contributed by atoms with Crippen LogP contribution in [-0.2, 0) is 9.53 Å². The number of hydrogen-bond donors (Lipinski definition) is 2. The molecule has 0 heterocycles. The molecule has 2 amide bonds. The topological polar surface area (TPSA) is 67.4 Å². The Morgan fingerprint density at radius 1 is 1.14 bits per heavy atom. The van der Waals surface area contributed by atoms with E-state index in [0.29, 0.717) is 5.56 Å². The molecule has 0 unspecified atom stereocenters. The smallest absolute Gasteiger partial charge is 0.407 e. The number of nitrogens with one attached hydrogen (secondary N) is 2. The third kappa shape index (κ3) is 7.90. The monoisotopic (exact) mass is 306 g/mol. The van der Waals surface area contributed by atoms with Crippen LogP contribution in [0.4, 0.5) is 9.18 Å². The molecule has 22 heavy (non-hydrogen) atoms. The van der Waals surface area contributed by atoms with E-state index in [-0.39, 0.29) is 18.9 Å². The van der Waals surface area contributed by atoms with E-state index in [0.717, 1.165) is 0 Å². The molecule has 0 spiro atoms. The number of alkyl carbamates (subject to hydrolysis) is 1. The second kappa shape index (κ2) is 8.03. The van der Waals surface area contributed by atoms with Gasteiger partial charge in [0.15, 0.2) is 0 Å². The lowest BCUT2D eigenvalue weighted by Crippen LogP contribution is -2.37. The molecule has 0 aromatic heterocycles. The van der Waals surface area contributed by atoms with Gasteiger partial charge >= 0.3 is 6.09 Å². The van der Waals surface area contributed by atoms with Gasteiger partial charge in [-0.05, 0) is 45.0 Å². The zero-order valence-electron chi connectivity index (χ0n) is 12.8. The highest BCUT2D eigenvalue weighted by atomic mass is 19.1. The van der Waals surface area contributed by atoms with Gasteiger partial charge in [0.25, 0.3) is 5.91 Å². The highest BCUT2D eigenvalue weighted by Crippen LogP contribution is 2.05. The van der Waals surface area contributed by atoms with E-state index in [4.69, 9.17) is 4.74 Å². The summed E-state index contributed by atoms with van der Waals surface area (Å²) in [4.78, 5) is 22.8. The van der Waals surface area contributed by atoms with E-state index in [2.05, 4.69) is 22.5 Å². The third-order valence-corrected chi connectivity index (χ3v) is 2.24. The van der Waals surface area contributed by atoms with Gasteiger partial charge in [-0.1, -0.05) is 5.92 Å². The molecule has 0 aliphatic heterocycles. The minimum Gasteiger partial charge on any atom is -0.444 e. The normalized spacial score (nSPS) is 10.2. The number of amides is 2. The van der Waals surface area contributed by atoms with Crippen LogP contribution in [0.3, 0.4) is 0 Å². The van der Waals surface area contributed by atoms with Crippen LogP contribution in [0.1, 0.15) is 26.3 Å². The zero-order valence-corrected chi connectivity index (χ0v) is 12.8. The molecule has 1 aromatic rings. The van der Waals surface area contributed by atoms with Crippen LogP contribution >= 0.6 is 0 Å². The van der Waals surface area contributed by atoms with Crippen LogP contribution in [-0.4, -0.2) is 30.7 Å². The van der Waals surface area contributed by atoms with Gasteiger partial charge in [-0.25, -0.2) is 9.18 Å². The SMILES string of the molecule is CC(C)(C)OC(=O)NCCNC(=O)C#Cc1ccc(F)cc1. The number of carbonyl (C=O) groups excluding carboxylic acids is 2. The summed E-state index contributed by atoms with van der Waals surface area (Å²) >= 11 is 0. The van der Waals surface area contributed by atoms with Gasteiger partial charge in [0, 0.05) is 24.6 Å². The van der Waals surface area contributed by atoms with Crippen molar-refractivity contribution >= 4 is 12.0 Å². The number of ether oxygens (including phenoxy) is 1. The van der Waals surface area contributed by atoms with E-state index >= 15 is 0 Å². The van der Waals surface area contributed by atoms with Crippen LogP contribution < -0.4 is 10.6 Å². The first-order valence-electron chi connectivity index (χ1n) is 6.78. The number of halogens is 1. The predicted molar refractivity (Wildman–Crippen MR) is 80.5 cm³/mol. The van der Waals surface area contributed by atoms with Crippen molar-refractivity contribution in [1.29, 1.82) is 0 Å². The first kappa shape index (κ1) is 17.5. The summed E-state index contributed by atoms with van der Waals surface area (Å²) in [5, 5.41) is 5.03.